The summed E-state index contributed by atoms with van der Waals surface area (Å²) in [6.07, 6.45) is 5.73. The molecule has 2 aliphatic rings. The number of ether oxygens (including phenoxy) is 1. The fraction of sp³-hybridized carbons (Fsp3) is 0.857. The number of piperazine rings is 1. The van der Waals surface area contributed by atoms with E-state index >= 15 is 0 Å². The zero-order chi connectivity index (χ0) is 13.8. The molecule has 5 heteroatoms. The Morgan fingerprint density at radius 3 is 2.63 bits per heavy atom. The van der Waals surface area contributed by atoms with E-state index in [0.29, 0.717) is 25.7 Å². The van der Waals surface area contributed by atoms with E-state index in [1.807, 2.05) is 6.92 Å². The molecule has 2 rings (SSSR count). The minimum atomic E-state index is -0.415. The highest BCUT2D eigenvalue weighted by atomic mass is 16.5. The fourth-order valence-electron chi connectivity index (χ4n) is 2.96. The molecule has 0 bridgehead atoms. The predicted molar refractivity (Wildman–Crippen MR) is 71.6 cm³/mol. The van der Waals surface area contributed by atoms with Crippen molar-refractivity contribution in [2.45, 2.75) is 64.1 Å². The van der Waals surface area contributed by atoms with Crippen LogP contribution >= 0.6 is 0 Å². The Labute approximate surface area is 114 Å². The van der Waals surface area contributed by atoms with Gasteiger partial charge in [0.1, 0.15) is 12.1 Å². The first-order valence-corrected chi connectivity index (χ1v) is 7.36. The van der Waals surface area contributed by atoms with Crippen LogP contribution in [0.25, 0.3) is 0 Å². The lowest BCUT2D eigenvalue weighted by Gasteiger charge is -2.37. The molecule has 0 aromatic rings. The monoisotopic (exact) mass is 268 g/mol. The third kappa shape index (κ3) is 3.26. The zero-order valence-corrected chi connectivity index (χ0v) is 11.9. The Bertz CT molecular complexity index is 340. The van der Waals surface area contributed by atoms with Crippen LogP contribution in [0.3, 0.4) is 0 Å². The molecule has 0 spiro atoms. The van der Waals surface area contributed by atoms with Gasteiger partial charge in [0.15, 0.2) is 0 Å². The van der Waals surface area contributed by atoms with Crippen LogP contribution in [-0.2, 0) is 14.3 Å². The molecule has 1 heterocycles. The van der Waals surface area contributed by atoms with E-state index in [-0.39, 0.29) is 17.9 Å². The third-order valence-corrected chi connectivity index (χ3v) is 4.07. The molecule has 1 saturated carbocycles. The molecule has 0 aromatic carbocycles. The van der Waals surface area contributed by atoms with Gasteiger partial charge >= 0.3 is 0 Å². The molecule has 0 aromatic heterocycles. The van der Waals surface area contributed by atoms with Crippen molar-refractivity contribution >= 4 is 11.8 Å². The molecule has 1 N–H and O–H groups in total. The molecular formula is C14H24N2O3. The van der Waals surface area contributed by atoms with Crippen LogP contribution in [-0.4, -0.2) is 48.1 Å². The molecule has 2 atom stereocenters. The number of nitrogens with one attached hydrogen (secondary N) is 1. The van der Waals surface area contributed by atoms with Crippen LogP contribution in [0.15, 0.2) is 0 Å². The molecule has 0 radical (unpaired) electrons. The van der Waals surface area contributed by atoms with Crippen molar-refractivity contribution in [3.05, 3.63) is 0 Å². The average Bonchev–Trinajstić information content (AvgIpc) is 2.88. The zero-order valence-electron chi connectivity index (χ0n) is 11.9. The first kappa shape index (κ1) is 14.3. The van der Waals surface area contributed by atoms with Crippen molar-refractivity contribution in [1.29, 1.82) is 0 Å². The number of carbonyl (C=O) groups is 2. The van der Waals surface area contributed by atoms with Crippen molar-refractivity contribution in [3.8, 4) is 0 Å². The Hall–Kier alpha value is -1.10. The number of hydrogen-bond acceptors (Lipinski definition) is 3. The molecule has 1 aliphatic heterocycles. The lowest BCUT2D eigenvalue weighted by molar-refractivity contribution is -0.150. The van der Waals surface area contributed by atoms with Crippen LogP contribution in [0.5, 0.6) is 0 Å². The van der Waals surface area contributed by atoms with Gasteiger partial charge in [0.2, 0.25) is 11.8 Å². The van der Waals surface area contributed by atoms with Gasteiger partial charge in [-0.05, 0) is 26.2 Å². The number of hydrogen-bond donors (Lipinski definition) is 1. The minimum Gasteiger partial charge on any atom is -0.376 e. The minimum absolute atomic E-state index is 0.00136. The molecule has 108 valence electrons. The van der Waals surface area contributed by atoms with Crippen LogP contribution < -0.4 is 5.32 Å². The summed E-state index contributed by atoms with van der Waals surface area (Å²) >= 11 is 0. The van der Waals surface area contributed by atoms with Gasteiger partial charge < -0.3 is 15.0 Å². The van der Waals surface area contributed by atoms with Crippen LogP contribution in [0.2, 0.25) is 0 Å². The van der Waals surface area contributed by atoms with Gasteiger partial charge in [0.25, 0.3) is 0 Å². The molecule has 2 fully saturated rings. The van der Waals surface area contributed by atoms with Gasteiger partial charge in [-0.15, -0.1) is 0 Å². The lowest BCUT2D eigenvalue weighted by Crippen LogP contribution is -2.62. The van der Waals surface area contributed by atoms with E-state index < -0.39 is 6.04 Å². The summed E-state index contributed by atoms with van der Waals surface area (Å²) in [7, 11) is 0. The van der Waals surface area contributed by atoms with E-state index in [9.17, 15) is 9.59 Å². The van der Waals surface area contributed by atoms with Gasteiger partial charge in [-0.25, -0.2) is 0 Å². The maximum Gasteiger partial charge on any atom is 0.245 e. The van der Waals surface area contributed by atoms with Crippen molar-refractivity contribution in [1.82, 2.24) is 10.2 Å². The Morgan fingerprint density at radius 1 is 1.32 bits per heavy atom. The highest BCUT2D eigenvalue weighted by molar-refractivity contribution is 5.96. The number of rotatable bonds is 5. The molecule has 5 nitrogen and oxygen atoms in total. The van der Waals surface area contributed by atoms with Gasteiger partial charge in [-0.2, -0.15) is 0 Å². The quantitative estimate of drug-likeness (QED) is 0.811. The second-order valence-corrected chi connectivity index (χ2v) is 5.46. The first-order valence-electron chi connectivity index (χ1n) is 7.36. The van der Waals surface area contributed by atoms with Crippen LogP contribution in [0.4, 0.5) is 0 Å². The number of carbonyl (C=O) groups excluding carboxylic acids is 2. The van der Waals surface area contributed by atoms with Crippen molar-refractivity contribution in [2.75, 3.05) is 13.2 Å². The van der Waals surface area contributed by atoms with Crippen LogP contribution in [0.1, 0.15) is 46.0 Å². The fourth-order valence-corrected chi connectivity index (χ4v) is 2.96. The Morgan fingerprint density at radius 2 is 2.00 bits per heavy atom. The smallest absolute Gasteiger partial charge is 0.245 e. The molecular weight excluding hydrogens is 244 g/mol. The summed E-state index contributed by atoms with van der Waals surface area (Å²) in [5, 5.41) is 2.72. The molecule has 2 unspecified atom stereocenters. The van der Waals surface area contributed by atoms with Gasteiger partial charge in [-0.3, -0.25) is 9.59 Å². The van der Waals surface area contributed by atoms with Gasteiger partial charge in [-0.1, -0.05) is 19.8 Å². The van der Waals surface area contributed by atoms with Crippen LogP contribution in [0, 0.1) is 0 Å². The van der Waals surface area contributed by atoms with Crippen molar-refractivity contribution in [3.63, 3.8) is 0 Å². The maximum absolute atomic E-state index is 12.1. The summed E-state index contributed by atoms with van der Waals surface area (Å²) < 4.78 is 5.79. The topological polar surface area (TPSA) is 58.6 Å². The van der Waals surface area contributed by atoms with Crippen molar-refractivity contribution in [2.24, 2.45) is 0 Å². The van der Waals surface area contributed by atoms with E-state index in [2.05, 4.69) is 5.32 Å². The second kappa shape index (κ2) is 6.37. The average molecular weight is 268 g/mol. The van der Waals surface area contributed by atoms with E-state index in [1.54, 1.807) is 11.8 Å². The number of nitrogens with zero attached hydrogens (tertiary/aromatic N) is 1. The first-order chi connectivity index (χ1) is 9.13. The molecule has 19 heavy (non-hydrogen) atoms. The number of amides is 2. The van der Waals surface area contributed by atoms with Gasteiger partial charge in [0.05, 0.1) is 12.7 Å². The third-order valence-electron chi connectivity index (χ3n) is 4.07. The van der Waals surface area contributed by atoms with Crippen molar-refractivity contribution < 1.29 is 14.3 Å². The summed E-state index contributed by atoms with van der Waals surface area (Å²) in [5.74, 6) is -0.0445. The largest absolute Gasteiger partial charge is 0.376 e. The molecule has 2 amide bonds. The summed E-state index contributed by atoms with van der Waals surface area (Å²) in [5.41, 5.74) is 0. The normalized spacial score (nSPS) is 28.8. The highest BCUT2D eigenvalue weighted by Gasteiger charge is 2.37. The highest BCUT2D eigenvalue weighted by Crippen LogP contribution is 2.21. The molecule has 1 aliphatic carbocycles. The van der Waals surface area contributed by atoms with E-state index in [4.69, 9.17) is 4.74 Å². The van der Waals surface area contributed by atoms with E-state index in [0.717, 1.165) is 12.8 Å². The summed E-state index contributed by atoms with van der Waals surface area (Å²) in [6, 6.07) is -0.752. The second-order valence-electron chi connectivity index (χ2n) is 5.46. The summed E-state index contributed by atoms with van der Waals surface area (Å²) in [6.45, 7) is 4.72. The Balaban J connectivity index is 1.87. The van der Waals surface area contributed by atoms with E-state index in [1.165, 1.54) is 12.8 Å². The maximum atomic E-state index is 12.1. The van der Waals surface area contributed by atoms with Gasteiger partial charge in [0, 0.05) is 6.54 Å². The standard InChI is InChI=1S/C14H24N2O3/c1-3-12-13(17)15-10(2)14(18)16(12)8-9-19-11-6-4-5-7-11/h10-12H,3-9H2,1-2H3,(H,15,17). The SMILES string of the molecule is CCC1C(=O)NC(C)C(=O)N1CCOC1CCCC1. The lowest BCUT2D eigenvalue weighted by atomic mass is 10.1. The summed E-state index contributed by atoms with van der Waals surface area (Å²) in [4.78, 5) is 25.7. The Kier molecular flexibility index (Phi) is 4.80. The molecule has 1 saturated heterocycles. The predicted octanol–water partition coefficient (Wildman–Crippen LogP) is 1.07.